The summed E-state index contributed by atoms with van der Waals surface area (Å²) >= 11 is 0. The van der Waals surface area contributed by atoms with Crippen LogP contribution >= 0.6 is 7.26 Å². The molecular weight excluding hydrogens is 405 g/mol. The van der Waals surface area contributed by atoms with E-state index >= 15 is 0 Å². The van der Waals surface area contributed by atoms with Crippen LogP contribution in [0.25, 0.3) is 0 Å². The molecule has 188 valence electrons. The van der Waals surface area contributed by atoms with Crippen LogP contribution in [0.15, 0.2) is 0 Å². The summed E-state index contributed by atoms with van der Waals surface area (Å²) in [7, 11) is -0.644. The van der Waals surface area contributed by atoms with Gasteiger partial charge in [-0.25, -0.2) is 0 Å². The van der Waals surface area contributed by atoms with Gasteiger partial charge < -0.3 is 15.3 Å². The highest BCUT2D eigenvalue weighted by atomic mass is 31.2. The van der Waals surface area contributed by atoms with Gasteiger partial charge in [-0.15, -0.1) is 0 Å². The highest BCUT2D eigenvalue weighted by molar-refractivity contribution is 7.75. The third-order valence-corrected chi connectivity index (χ3v) is 11.8. The van der Waals surface area contributed by atoms with Crippen molar-refractivity contribution in [1.82, 2.24) is 0 Å². The van der Waals surface area contributed by atoms with Crippen LogP contribution in [0.5, 0.6) is 0 Å². The minimum Gasteiger partial charge on any atom is -0.356 e. The molecule has 0 aliphatic heterocycles. The standard InChI is InChI=1S/C26H56P.NO3/c1-5-9-12-15-18-21-24-27(8-4,25-22-19-16-13-10-6-2)26-23-20-17-14-11-7-3;2-1(3)4/h5-26H2,1-4H3;/q+1;-1. The fourth-order valence-corrected chi connectivity index (χ4v) is 8.80. The fraction of sp³-hybridized carbons (Fsp3) is 1.00. The molecule has 0 atom stereocenters. The van der Waals surface area contributed by atoms with E-state index in [1.54, 1.807) is 18.5 Å². The third kappa shape index (κ3) is 25.8. The average molecular weight is 462 g/mol. The molecule has 31 heavy (non-hydrogen) atoms. The summed E-state index contributed by atoms with van der Waals surface area (Å²) in [6.07, 6.45) is 32.9. The lowest BCUT2D eigenvalue weighted by atomic mass is 10.1. The number of unbranched alkanes of at least 4 members (excludes halogenated alkanes) is 15. The summed E-state index contributed by atoms with van der Waals surface area (Å²) in [5.41, 5.74) is 0. The van der Waals surface area contributed by atoms with Gasteiger partial charge in [-0.1, -0.05) is 97.8 Å². The van der Waals surface area contributed by atoms with Crippen molar-refractivity contribution in [2.75, 3.05) is 24.6 Å². The Bertz CT molecular complexity index is 322. The molecule has 0 aromatic heterocycles. The monoisotopic (exact) mass is 461 g/mol. The van der Waals surface area contributed by atoms with Crippen LogP contribution in [0.4, 0.5) is 0 Å². The quantitative estimate of drug-likeness (QED) is 0.0697. The number of rotatable bonds is 22. The first-order valence-corrected chi connectivity index (χ1v) is 16.2. The Kier molecular flexibility index (Phi) is 27.4. The molecule has 0 aromatic carbocycles. The summed E-state index contributed by atoms with van der Waals surface area (Å²) in [5, 5.41) is 14.8. The molecule has 0 bridgehead atoms. The summed E-state index contributed by atoms with van der Waals surface area (Å²) in [5.74, 6) is 0. The van der Waals surface area contributed by atoms with Gasteiger partial charge in [0.25, 0.3) is 0 Å². The molecule has 0 N–H and O–H groups in total. The Morgan fingerprint density at radius 1 is 0.484 bits per heavy atom. The zero-order chi connectivity index (χ0) is 23.6. The van der Waals surface area contributed by atoms with E-state index in [2.05, 4.69) is 27.7 Å². The predicted molar refractivity (Wildman–Crippen MR) is 143 cm³/mol. The van der Waals surface area contributed by atoms with E-state index in [1.165, 1.54) is 122 Å². The molecule has 0 spiro atoms. The van der Waals surface area contributed by atoms with Crippen molar-refractivity contribution >= 4 is 7.26 Å². The van der Waals surface area contributed by atoms with Crippen LogP contribution in [-0.2, 0) is 0 Å². The van der Waals surface area contributed by atoms with E-state index in [9.17, 15) is 0 Å². The van der Waals surface area contributed by atoms with Crippen LogP contribution in [0.3, 0.4) is 0 Å². The molecular formula is C26H56NO3P. The first-order chi connectivity index (χ1) is 15.0. The van der Waals surface area contributed by atoms with Crippen LogP contribution in [0, 0.1) is 15.3 Å². The molecule has 5 heteroatoms. The molecule has 0 amide bonds. The Labute approximate surface area is 195 Å². The Balaban J connectivity index is 0. The summed E-state index contributed by atoms with van der Waals surface area (Å²) in [4.78, 5) is 8.25. The van der Waals surface area contributed by atoms with E-state index < -0.39 is 12.3 Å². The lowest BCUT2D eigenvalue weighted by molar-refractivity contribution is -0.402. The Hall–Kier alpha value is -0.370. The van der Waals surface area contributed by atoms with Crippen molar-refractivity contribution in [3.63, 3.8) is 0 Å². The smallest absolute Gasteiger partial charge is 0.0689 e. The molecule has 0 heterocycles. The maximum atomic E-state index is 8.25. The van der Waals surface area contributed by atoms with Gasteiger partial charge in [-0.3, -0.25) is 0 Å². The van der Waals surface area contributed by atoms with Gasteiger partial charge in [0.2, 0.25) is 0 Å². The summed E-state index contributed by atoms with van der Waals surface area (Å²) in [6.45, 7) is 9.52. The van der Waals surface area contributed by atoms with Crippen LogP contribution in [-0.4, -0.2) is 29.7 Å². The first kappa shape index (κ1) is 32.8. The second-order valence-electron chi connectivity index (χ2n) is 9.36. The van der Waals surface area contributed by atoms with Crippen LogP contribution in [0.2, 0.25) is 0 Å². The van der Waals surface area contributed by atoms with Gasteiger partial charge >= 0.3 is 0 Å². The van der Waals surface area contributed by atoms with E-state index in [0.717, 1.165) is 0 Å². The van der Waals surface area contributed by atoms with Crippen LogP contribution in [0.1, 0.15) is 143 Å². The number of nitrogens with zero attached hydrogens (tertiary/aromatic N) is 1. The lowest BCUT2D eigenvalue weighted by Gasteiger charge is -2.27. The minimum atomic E-state index is -1.75. The van der Waals surface area contributed by atoms with Crippen molar-refractivity contribution < 1.29 is 5.09 Å². The summed E-state index contributed by atoms with van der Waals surface area (Å²) in [6, 6.07) is 0. The van der Waals surface area contributed by atoms with E-state index in [1.807, 2.05) is 0 Å². The zero-order valence-electron chi connectivity index (χ0n) is 21.7. The molecule has 0 aliphatic rings. The average Bonchev–Trinajstić information content (AvgIpc) is 2.74. The molecule has 4 nitrogen and oxygen atoms in total. The van der Waals surface area contributed by atoms with Crippen LogP contribution < -0.4 is 0 Å². The topological polar surface area (TPSA) is 66.2 Å². The molecule has 0 rings (SSSR count). The molecule has 0 radical (unpaired) electrons. The molecule has 0 saturated heterocycles. The Morgan fingerprint density at radius 2 is 0.710 bits per heavy atom. The second kappa shape index (κ2) is 25.9. The van der Waals surface area contributed by atoms with Crippen molar-refractivity contribution in [2.45, 2.75) is 143 Å². The zero-order valence-corrected chi connectivity index (χ0v) is 22.6. The maximum Gasteiger partial charge on any atom is 0.0689 e. The Morgan fingerprint density at radius 3 is 0.935 bits per heavy atom. The van der Waals surface area contributed by atoms with Gasteiger partial charge in [-0.2, -0.15) is 0 Å². The predicted octanol–water partition coefficient (Wildman–Crippen LogP) is 9.87. The van der Waals surface area contributed by atoms with Gasteiger partial charge in [-0.05, 0) is 45.4 Å². The lowest BCUT2D eigenvalue weighted by Crippen LogP contribution is -2.11. The van der Waals surface area contributed by atoms with E-state index in [4.69, 9.17) is 15.3 Å². The SMILES string of the molecule is CCCCCCCC[P+](CC)(CCCCCCCC)CCCCCCCC.O=[N+]([O-])[O-]. The van der Waals surface area contributed by atoms with Crippen molar-refractivity contribution in [1.29, 1.82) is 0 Å². The normalized spacial score (nSPS) is 11.2. The summed E-state index contributed by atoms with van der Waals surface area (Å²) < 4.78 is 0. The van der Waals surface area contributed by atoms with Gasteiger partial charge in [0, 0.05) is 7.26 Å². The third-order valence-electron chi connectivity index (χ3n) is 6.63. The van der Waals surface area contributed by atoms with Crippen molar-refractivity contribution in [3.8, 4) is 0 Å². The second-order valence-corrected chi connectivity index (χ2v) is 14.0. The van der Waals surface area contributed by atoms with Crippen molar-refractivity contribution in [3.05, 3.63) is 15.3 Å². The highest BCUT2D eigenvalue weighted by Gasteiger charge is 2.33. The largest absolute Gasteiger partial charge is 0.356 e. The molecule has 0 aromatic rings. The highest BCUT2D eigenvalue weighted by Crippen LogP contribution is 2.60. The van der Waals surface area contributed by atoms with Gasteiger partial charge in [0.05, 0.1) is 29.7 Å². The van der Waals surface area contributed by atoms with Crippen molar-refractivity contribution in [2.24, 2.45) is 0 Å². The van der Waals surface area contributed by atoms with E-state index in [0.29, 0.717) is 0 Å². The van der Waals surface area contributed by atoms with Gasteiger partial charge in [0.15, 0.2) is 0 Å². The molecule has 0 unspecified atom stereocenters. The maximum absolute atomic E-state index is 8.25. The van der Waals surface area contributed by atoms with Gasteiger partial charge in [0.1, 0.15) is 0 Å². The minimum absolute atomic E-state index is 0.644. The number of hydrogen-bond donors (Lipinski definition) is 0. The molecule has 0 aliphatic carbocycles. The number of hydrogen-bond acceptors (Lipinski definition) is 3. The van der Waals surface area contributed by atoms with E-state index in [-0.39, 0.29) is 0 Å². The first-order valence-electron chi connectivity index (χ1n) is 13.6. The molecule has 0 fully saturated rings. The fourth-order valence-electron chi connectivity index (χ4n) is 4.49. The molecule has 0 saturated carbocycles.